The zero-order valence-corrected chi connectivity index (χ0v) is 13.2. The van der Waals surface area contributed by atoms with Gasteiger partial charge < -0.3 is 19.5 Å². The Labute approximate surface area is 135 Å². The first kappa shape index (κ1) is 14.9. The molecule has 0 bridgehead atoms. The van der Waals surface area contributed by atoms with Crippen molar-refractivity contribution < 1.29 is 14.1 Å². The summed E-state index contributed by atoms with van der Waals surface area (Å²) in [6.07, 6.45) is 3.29. The van der Waals surface area contributed by atoms with Crippen LogP contribution in [-0.2, 0) is 11.3 Å². The highest BCUT2D eigenvalue weighted by Gasteiger charge is 2.32. The Morgan fingerprint density at radius 2 is 2.04 bits per heavy atom. The van der Waals surface area contributed by atoms with Crippen molar-refractivity contribution in [1.82, 2.24) is 25.3 Å². The van der Waals surface area contributed by atoms with Crippen LogP contribution in [0.4, 0.5) is 4.79 Å². The molecular weight excluding hydrogens is 298 g/mol. The molecule has 0 radical (unpaired) electrons. The second kappa shape index (κ2) is 6.45. The molecule has 3 aliphatic rings. The van der Waals surface area contributed by atoms with Crippen molar-refractivity contribution in [3.8, 4) is 0 Å². The number of nitrogens with zero attached hydrogens (tertiary/aromatic N) is 4. The predicted octanol–water partition coefficient (Wildman–Crippen LogP) is 0.563. The molecule has 4 rings (SSSR count). The fourth-order valence-electron chi connectivity index (χ4n) is 3.27. The maximum atomic E-state index is 12.3. The van der Waals surface area contributed by atoms with Crippen molar-refractivity contribution in [3.63, 3.8) is 0 Å². The average molecular weight is 321 g/mol. The zero-order chi connectivity index (χ0) is 15.6. The van der Waals surface area contributed by atoms with Crippen molar-refractivity contribution in [1.29, 1.82) is 0 Å². The number of likely N-dealkylation sites (tertiary alicyclic amines) is 1. The van der Waals surface area contributed by atoms with Crippen LogP contribution >= 0.6 is 0 Å². The molecule has 23 heavy (non-hydrogen) atoms. The number of amides is 2. The molecule has 126 valence electrons. The smallest absolute Gasteiger partial charge is 0.317 e. The van der Waals surface area contributed by atoms with Crippen LogP contribution in [0.5, 0.6) is 0 Å². The van der Waals surface area contributed by atoms with Crippen molar-refractivity contribution in [2.75, 3.05) is 39.4 Å². The van der Waals surface area contributed by atoms with E-state index in [1.54, 1.807) is 0 Å². The third-order valence-electron chi connectivity index (χ3n) is 4.82. The largest absolute Gasteiger partial charge is 0.379 e. The van der Waals surface area contributed by atoms with Crippen LogP contribution in [0.3, 0.4) is 0 Å². The summed E-state index contributed by atoms with van der Waals surface area (Å²) < 4.78 is 10.6. The van der Waals surface area contributed by atoms with Crippen molar-refractivity contribution >= 4 is 6.03 Å². The Morgan fingerprint density at radius 1 is 1.22 bits per heavy atom. The lowest BCUT2D eigenvalue weighted by Crippen LogP contribution is -2.46. The maximum absolute atomic E-state index is 12.3. The van der Waals surface area contributed by atoms with E-state index in [2.05, 4.69) is 20.4 Å². The van der Waals surface area contributed by atoms with Gasteiger partial charge in [0.1, 0.15) is 0 Å². The SMILES string of the molecule is O=C(NCc1noc(C2CC2)n1)N1CCC(N2CCOCC2)C1. The van der Waals surface area contributed by atoms with E-state index in [0.29, 0.717) is 30.2 Å². The third kappa shape index (κ3) is 3.48. The molecule has 8 heteroatoms. The van der Waals surface area contributed by atoms with Gasteiger partial charge in [-0.05, 0) is 19.3 Å². The maximum Gasteiger partial charge on any atom is 0.317 e. The van der Waals surface area contributed by atoms with Crippen LogP contribution in [0, 0.1) is 0 Å². The normalized spacial score (nSPS) is 25.7. The number of carbonyl (C=O) groups is 1. The Balaban J connectivity index is 1.24. The molecule has 1 aliphatic carbocycles. The van der Waals surface area contributed by atoms with Gasteiger partial charge in [0.2, 0.25) is 5.89 Å². The molecule has 0 aromatic carbocycles. The number of hydrogen-bond donors (Lipinski definition) is 1. The summed E-state index contributed by atoms with van der Waals surface area (Å²) in [5.41, 5.74) is 0. The Morgan fingerprint density at radius 3 is 2.83 bits per heavy atom. The quantitative estimate of drug-likeness (QED) is 0.872. The summed E-state index contributed by atoms with van der Waals surface area (Å²) in [5.74, 6) is 1.71. The molecule has 3 fully saturated rings. The zero-order valence-electron chi connectivity index (χ0n) is 13.2. The fraction of sp³-hybridized carbons (Fsp3) is 0.800. The van der Waals surface area contributed by atoms with E-state index in [0.717, 1.165) is 58.7 Å². The molecular formula is C15H23N5O3. The summed E-state index contributed by atoms with van der Waals surface area (Å²) >= 11 is 0. The van der Waals surface area contributed by atoms with Crippen LogP contribution in [-0.4, -0.2) is 71.4 Å². The van der Waals surface area contributed by atoms with Crippen molar-refractivity contribution in [3.05, 3.63) is 11.7 Å². The Kier molecular flexibility index (Phi) is 4.17. The van der Waals surface area contributed by atoms with Crippen LogP contribution < -0.4 is 5.32 Å². The van der Waals surface area contributed by atoms with Crippen molar-refractivity contribution in [2.45, 2.75) is 37.8 Å². The highest BCUT2D eigenvalue weighted by atomic mass is 16.5. The summed E-state index contributed by atoms with van der Waals surface area (Å²) in [4.78, 5) is 20.9. The highest BCUT2D eigenvalue weighted by molar-refractivity contribution is 5.74. The van der Waals surface area contributed by atoms with Crippen molar-refractivity contribution in [2.24, 2.45) is 0 Å². The molecule has 2 aliphatic heterocycles. The van der Waals surface area contributed by atoms with Gasteiger partial charge >= 0.3 is 6.03 Å². The Hall–Kier alpha value is -1.67. The number of nitrogens with one attached hydrogen (secondary N) is 1. The van der Waals surface area contributed by atoms with Crippen LogP contribution in [0.25, 0.3) is 0 Å². The first-order valence-electron chi connectivity index (χ1n) is 8.46. The van der Waals surface area contributed by atoms with E-state index < -0.39 is 0 Å². The molecule has 1 unspecified atom stereocenters. The minimum atomic E-state index is -0.0430. The summed E-state index contributed by atoms with van der Waals surface area (Å²) in [7, 11) is 0. The number of morpholine rings is 1. The highest BCUT2D eigenvalue weighted by Crippen LogP contribution is 2.38. The number of rotatable bonds is 4. The van der Waals surface area contributed by atoms with Gasteiger partial charge in [-0.2, -0.15) is 4.98 Å². The number of urea groups is 1. The third-order valence-corrected chi connectivity index (χ3v) is 4.82. The minimum Gasteiger partial charge on any atom is -0.379 e. The van der Waals surface area contributed by atoms with E-state index >= 15 is 0 Å². The Bertz CT molecular complexity index is 553. The topological polar surface area (TPSA) is 83.7 Å². The number of hydrogen-bond acceptors (Lipinski definition) is 6. The van der Waals surface area contributed by atoms with Gasteiger partial charge in [0.05, 0.1) is 19.8 Å². The van der Waals surface area contributed by atoms with Crippen LogP contribution in [0.15, 0.2) is 4.52 Å². The molecule has 8 nitrogen and oxygen atoms in total. The summed E-state index contributed by atoms with van der Waals surface area (Å²) in [6.45, 7) is 5.43. The van der Waals surface area contributed by atoms with Crippen LogP contribution in [0.2, 0.25) is 0 Å². The summed E-state index contributed by atoms with van der Waals surface area (Å²) in [5, 5.41) is 6.82. The second-order valence-electron chi connectivity index (χ2n) is 6.52. The van der Waals surface area contributed by atoms with Gasteiger partial charge in [0.25, 0.3) is 0 Å². The molecule has 3 heterocycles. The first-order chi connectivity index (χ1) is 11.3. The average Bonchev–Trinajstić information content (AvgIpc) is 3.14. The van der Waals surface area contributed by atoms with Gasteiger partial charge in [-0.1, -0.05) is 5.16 Å². The molecule has 2 amide bonds. The monoisotopic (exact) mass is 321 g/mol. The molecule has 0 spiro atoms. The van der Waals surface area contributed by atoms with E-state index in [1.165, 1.54) is 0 Å². The van der Waals surface area contributed by atoms with Gasteiger partial charge in [-0.3, -0.25) is 4.90 Å². The lowest BCUT2D eigenvalue weighted by Gasteiger charge is -2.32. The summed E-state index contributed by atoms with van der Waals surface area (Å²) in [6, 6.07) is 0.412. The predicted molar refractivity (Wildman–Crippen MR) is 80.9 cm³/mol. The van der Waals surface area contributed by atoms with Gasteiger partial charge in [0.15, 0.2) is 5.82 Å². The molecule has 1 aromatic heterocycles. The van der Waals surface area contributed by atoms with E-state index in [1.807, 2.05) is 4.90 Å². The molecule has 1 saturated carbocycles. The van der Waals surface area contributed by atoms with E-state index in [-0.39, 0.29) is 6.03 Å². The lowest BCUT2D eigenvalue weighted by molar-refractivity contribution is 0.0191. The van der Waals surface area contributed by atoms with Gasteiger partial charge in [-0.15, -0.1) is 0 Å². The number of ether oxygens (including phenoxy) is 1. The molecule has 1 atom stereocenters. The van der Waals surface area contributed by atoms with Crippen LogP contribution in [0.1, 0.15) is 36.9 Å². The standard InChI is InChI=1S/C15H23N5O3/c21-15(16-9-13-17-14(23-18-13)11-1-2-11)20-4-3-12(10-20)19-5-7-22-8-6-19/h11-12H,1-10H2,(H,16,21). The van der Waals surface area contributed by atoms with E-state index in [4.69, 9.17) is 9.26 Å². The molecule has 1 aromatic rings. The first-order valence-corrected chi connectivity index (χ1v) is 8.46. The lowest BCUT2D eigenvalue weighted by atomic mass is 10.2. The van der Waals surface area contributed by atoms with Gasteiger partial charge in [0, 0.05) is 38.1 Å². The fourth-order valence-corrected chi connectivity index (χ4v) is 3.27. The van der Waals surface area contributed by atoms with E-state index in [9.17, 15) is 4.79 Å². The molecule has 1 N–H and O–H groups in total. The second-order valence-corrected chi connectivity index (χ2v) is 6.52. The molecule has 2 saturated heterocycles. The number of aromatic nitrogens is 2. The van der Waals surface area contributed by atoms with Gasteiger partial charge in [-0.25, -0.2) is 4.79 Å². The minimum absolute atomic E-state index is 0.0430. The number of carbonyl (C=O) groups excluding carboxylic acids is 1.